The Morgan fingerprint density at radius 1 is 1.41 bits per heavy atom. The van der Waals surface area contributed by atoms with Crippen molar-refractivity contribution in [2.75, 3.05) is 12.4 Å². The largest absolute Gasteiger partial charge is 0.504 e. The number of aryl methyl sites for hydroxylation is 1. The van der Waals surface area contributed by atoms with Crippen molar-refractivity contribution < 1.29 is 14.6 Å². The second-order valence-corrected chi connectivity index (χ2v) is 6.64. The predicted octanol–water partition coefficient (Wildman–Crippen LogP) is 2.60. The minimum absolute atomic E-state index is 0.0639. The van der Waals surface area contributed by atoms with Crippen LogP contribution in [0.15, 0.2) is 18.2 Å². The summed E-state index contributed by atoms with van der Waals surface area (Å²) in [6.45, 7) is 3.80. The molecule has 2 aromatic rings. The molecule has 6 nitrogen and oxygen atoms in total. The Labute approximate surface area is 132 Å². The number of nitrogens with zero attached hydrogens (tertiary/aromatic N) is 1. The molecule has 1 aromatic heterocycles. The number of benzene rings is 1. The molecule has 0 unspecified atom stereocenters. The van der Waals surface area contributed by atoms with Gasteiger partial charge in [-0.15, -0.1) is 11.8 Å². The van der Waals surface area contributed by atoms with Crippen LogP contribution in [0.3, 0.4) is 0 Å². The summed E-state index contributed by atoms with van der Waals surface area (Å²) in [5.74, 6) is 1.01. The zero-order valence-electron chi connectivity index (χ0n) is 12.5. The van der Waals surface area contributed by atoms with Gasteiger partial charge in [-0.3, -0.25) is 9.89 Å². The van der Waals surface area contributed by atoms with Crippen LogP contribution in [0.25, 0.3) is 0 Å². The second kappa shape index (κ2) is 5.57. The number of hydrogen-bond donors (Lipinski definition) is 3. The fraction of sp³-hybridized carbons (Fsp3) is 0.333. The van der Waals surface area contributed by atoms with Crippen molar-refractivity contribution in [2.24, 2.45) is 0 Å². The van der Waals surface area contributed by atoms with Crippen molar-refractivity contribution in [3.8, 4) is 11.5 Å². The molecule has 2 atom stereocenters. The van der Waals surface area contributed by atoms with E-state index in [4.69, 9.17) is 4.74 Å². The van der Waals surface area contributed by atoms with Gasteiger partial charge in [0, 0.05) is 11.3 Å². The van der Waals surface area contributed by atoms with Gasteiger partial charge in [0.05, 0.1) is 17.6 Å². The van der Waals surface area contributed by atoms with Gasteiger partial charge < -0.3 is 15.2 Å². The van der Waals surface area contributed by atoms with Gasteiger partial charge in [-0.1, -0.05) is 6.07 Å². The van der Waals surface area contributed by atoms with E-state index in [9.17, 15) is 9.90 Å². The molecule has 0 aliphatic carbocycles. The molecule has 22 heavy (non-hydrogen) atoms. The highest BCUT2D eigenvalue weighted by atomic mass is 32.2. The number of carbonyl (C=O) groups is 1. The maximum Gasteiger partial charge on any atom is 0.238 e. The summed E-state index contributed by atoms with van der Waals surface area (Å²) < 4.78 is 5.19. The van der Waals surface area contributed by atoms with Crippen LogP contribution in [-0.4, -0.2) is 33.6 Å². The van der Waals surface area contributed by atoms with Gasteiger partial charge in [0.15, 0.2) is 17.3 Å². The number of anilines is 1. The predicted molar refractivity (Wildman–Crippen MR) is 85.5 cm³/mol. The Kier molecular flexibility index (Phi) is 3.74. The highest BCUT2D eigenvalue weighted by molar-refractivity contribution is 8.01. The van der Waals surface area contributed by atoms with Crippen molar-refractivity contribution in [1.82, 2.24) is 10.2 Å². The Bertz CT molecular complexity index is 729. The molecule has 3 rings (SSSR count). The van der Waals surface area contributed by atoms with Crippen LogP contribution in [0.1, 0.15) is 29.0 Å². The third-order valence-electron chi connectivity index (χ3n) is 3.71. The van der Waals surface area contributed by atoms with Gasteiger partial charge in [-0.25, -0.2) is 0 Å². The maximum atomic E-state index is 12.1. The van der Waals surface area contributed by atoms with Gasteiger partial charge in [-0.05, 0) is 31.5 Å². The first kappa shape index (κ1) is 14.8. The molecular formula is C15H17N3O3S. The van der Waals surface area contributed by atoms with E-state index in [1.165, 1.54) is 7.11 Å². The zero-order chi connectivity index (χ0) is 15.9. The average molecular weight is 319 g/mol. The normalized spacial score (nSPS) is 21.0. The second-order valence-electron chi connectivity index (χ2n) is 5.19. The van der Waals surface area contributed by atoms with E-state index >= 15 is 0 Å². The van der Waals surface area contributed by atoms with Crippen LogP contribution in [0.5, 0.6) is 11.5 Å². The number of methoxy groups -OCH3 is 1. The number of H-pyrrole nitrogens is 1. The molecule has 0 saturated carbocycles. The van der Waals surface area contributed by atoms with E-state index in [0.717, 1.165) is 16.8 Å². The highest BCUT2D eigenvalue weighted by Gasteiger charge is 2.32. The van der Waals surface area contributed by atoms with Crippen molar-refractivity contribution in [2.45, 2.75) is 24.3 Å². The van der Waals surface area contributed by atoms with Crippen molar-refractivity contribution in [3.63, 3.8) is 0 Å². The molecule has 1 amide bonds. The van der Waals surface area contributed by atoms with Crippen LogP contribution in [-0.2, 0) is 4.79 Å². The molecule has 116 valence electrons. The number of ether oxygens (including phenoxy) is 1. The summed E-state index contributed by atoms with van der Waals surface area (Å²) in [5, 5.41) is 19.5. The minimum atomic E-state index is -0.210. The lowest BCUT2D eigenvalue weighted by Crippen LogP contribution is -2.21. The summed E-state index contributed by atoms with van der Waals surface area (Å²) in [7, 11) is 1.52. The first-order valence-corrected chi connectivity index (χ1v) is 7.83. The quantitative estimate of drug-likeness (QED) is 0.792. The lowest BCUT2D eigenvalue weighted by Gasteiger charge is -2.18. The summed E-state index contributed by atoms with van der Waals surface area (Å²) in [4.78, 5) is 12.1. The molecule has 0 radical (unpaired) electrons. The molecule has 0 saturated heterocycles. The Balaban J connectivity index is 2.12. The maximum absolute atomic E-state index is 12.1. The van der Waals surface area contributed by atoms with Gasteiger partial charge in [-0.2, -0.15) is 5.10 Å². The van der Waals surface area contributed by atoms with E-state index in [1.807, 2.05) is 19.9 Å². The highest BCUT2D eigenvalue weighted by Crippen LogP contribution is 2.46. The van der Waals surface area contributed by atoms with Gasteiger partial charge in [0.25, 0.3) is 0 Å². The molecule has 0 fully saturated rings. The number of phenolic OH excluding ortho intramolecular Hbond substituents is 1. The number of nitrogens with one attached hydrogen (secondary N) is 2. The van der Waals surface area contributed by atoms with Crippen molar-refractivity contribution in [1.29, 1.82) is 0 Å². The zero-order valence-corrected chi connectivity index (χ0v) is 13.3. The van der Waals surface area contributed by atoms with Gasteiger partial charge >= 0.3 is 0 Å². The SMILES string of the molecule is COc1cc([C@@H]2S[C@@H](C)C(=O)Nc3n[nH]c(C)c32)ccc1O. The third-order valence-corrected chi connectivity index (χ3v) is 5.12. The number of aromatic hydroxyl groups is 1. The van der Waals surface area contributed by atoms with Gasteiger partial charge in [0.2, 0.25) is 5.91 Å². The number of rotatable bonds is 2. The molecule has 1 aliphatic heterocycles. The molecule has 0 spiro atoms. The van der Waals surface area contributed by atoms with E-state index in [2.05, 4.69) is 15.5 Å². The number of aromatic amines is 1. The lowest BCUT2D eigenvalue weighted by atomic mass is 10.0. The summed E-state index contributed by atoms with van der Waals surface area (Å²) in [5.41, 5.74) is 2.82. The van der Waals surface area contributed by atoms with Crippen LogP contribution in [0.4, 0.5) is 5.82 Å². The molecule has 2 heterocycles. The number of amides is 1. The summed E-state index contributed by atoms with van der Waals surface area (Å²) in [6, 6.07) is 5.24. The topological polar surface area (TPSA) is 87.2 Å². The summed E-state index contributed by atoms with van der Waals surface area (Å²) in [6.07, 6.45) is 0. The van der Waals surface area contributed by atoms with E-state index < -0.39 is 0 Å². The van der Waals surface area contributed by atoms with Crippen molar-refractivity contribution >= 4 is 23.5 Å². The first-order chi connectivity index (χ1) is 10.5. The Morgan fingerprint density at radius 2 is 2.18 bits per heavy atom. The van der Waals surface area contributed by atoms with Crippen molar-refractivity contribution in [3.05, 3.63) is 35.0 Å². The Morgan fingerprint density at radius 3 is 2.91 bits per heavy atom. The van der Waals surface area contributed by atoms with Crippen LogP contribution in [0.2, 0.25) is 0 Å². The van der Waals surface area contributed by atoms with Crippen LogP contribution in [0, 0.1) is 6.92 Å². The Hall–Kier alpha value is -2.15. The molecule has 1 aliphatic rings. The first-order valence-electron chi connectivity index (χ1n) is 6.89. The van der Waals surface area contributed by atoms with Gasteiger partial charge in [0.1, 0.15) is 0 Å². The molecule has 0 bridgehead atoms. The monoisotopic (exact) mass is 319 g/mol. The number of phenols is 1. The fourth-order valence-electron chi connectivity index (χ4n) is 2.51. The standard InChI is InChI=1S/C15H17N3O3S/c1-7-12-13(9-4-5-10(19)11(6-9)21-3)22-8(2)15(20)16-14(12)18-17-7/h4-6,8,13,19H,1-3H3,(H2,16,17,18,20)/t8-,13-/m0/s1. The van der Waals surface area contributed by atoms with E-state index in [0.29, 0.717) is 11.6 Å². The molecule has 7 heteroatoms. The fourth-order valence-corrected chi connectivity index (χ4v) is 3.83. The van der Waals surface area contributed by atoms with Crippen LogP contribution >= 0.6 is 11.8 Å². The third kappa shape index (κ3) is 2.41. The van der Waals surface area contributed by atoms with E-state index in [1.54, 1.807) is 23.9 Å². The number of fused-ring (bicyclic) bond motifs is 1. The summed E-state index contributed by atoms with van der Waals surface area (Å²) >= 11 is 1.55. The molecule has 1 aromatic carbocycles. The number of thioether (sulfide) groups is 1. The molecular weight excluding hydrogens is 302 g/mol. The average Bonchev–Trinajstić information content (AvgIpc) is 2.79. The molecule has 3 N–H and O–H groups in total. The van der Waals surface area contributed by atoms with E-state index in [-0.39, 0.29) is 22.2 Å². The number of carbonyl (C=O) groups excluding carboxylic acids is 1. The smallest absolute Gasteiger partial charge is 0.238 e. The number of aromatic nitrogens is 2. The minimum Gasteiger partial charge on any atom is -0.504 e. The lowest BCUT2D eigenvalue weighted by molar-refractivity contribution is -0.115. The number of hydrogen-bond acceptors (Lipinski definition) is 5. The van der Waals surface area contributed by atoms with Crippen LogP contribution < -0.4 is 10.1 Å².